The standard InChI is InChI=1S/C15H21N3O3/c1-9(2)7-16-15-10-6-11(19-3)13(20-4)14(21-5)12(10)17-8-18-15/h6,8-9H,7H2,1-5H3,(H,16,17,18). The summed E-state index contributed by atoms with van der Waals surface area (Å²) in [5.41, 5.74) is 0.691. The van der Waals surface area contributed by atoms with Gasteiger partial charge < -0.3 is 19.5 Å². The zero-order valence-electron chi connectivity index (χ0n) is 13.1. The van der Waals surface area contributed by atoms with Crippen molar-refractivity contribution in [2.24, 2.45) is 5.92 Å². The number of fused-ring (bicyclic) bond motifs is 1. The zero-order valence-corrected chi connectivity index (χ0v) is 13.1. The van der Waals surface area contributed by atoms with E-state index in [1.807, 2.05) is 6.07 Å². The summed E-state index contributed by atoms with van der Waals surface area (Å²) in [7, 11) is 4.75. The molecule has 0 fully saturated rings. The Balaban J connectivity index is 2.64. The van der Waals surface area contributed by atoms with E-state index < -0.39 is 0 Å². The van der Waals surface area contributed by atoms with Crippen molar-refractivity contribution in [2.45, 2.75) is 13.8 Å². The molecule has 1 N–H and O–H groups in total. The molecule has 0 amide bonds. The molecule has 21 heavy (non-hydrogen) atoms. The van der Waals surface area contributed by atoms with Crippen LogP contribution in [0.5, 0.6) is 17.2 Å². The third-order valence-electron chi connectivity index (χ3n) is 3.11. The van der Waals surface area contributed by atoms with Gasteiger partial charge >= 0.3 is 0 Å². The van der Waals surface area contributed by atoms with Gasteiger partial charge in [0, 0.05) is 6.54 Å². The number of methoxy groups -OCH3 is 3. The second kappa shape index (κ2) is 6.47. The number of ether oxygens (including phenoxy) is 3. The van der Waals surface area contributed by atoms with E-state index in [1.54, 1.807) is 21.3 Å². The molecule has 0 unspecified atom stereocenters. The molecule has 0 saturated carbocycles. The molecule has 0 aliphatic carbocycles. The molecular weight excluding hydrogens is 270 g/mol. The Morgan fingerprint density at radius 1 is 1.05 bits per heavy atom. The van der Waals surface area contributed by atoms with Crippen LogP contribution in [-0.4, -0.2) is 37.8 Å². The largest absolute Gasteiger partial charge is 0.493 e. The van der Waals surface area contributed by atoms with Crippen LogP contribution in [0.2, 0.25) is 0 Å². The molecule has 0 radical (unpaired) electrons. The molecule has 2 rings (SSSR count). The van der Waals surface area contributed by atoms with E-state index in [0.29, 0.717) is 28.7 Å². The highest BCUT2D eigenvalue weighted by Gasteiger charge is 2.19. The Hall–Kier alpha value is -2.24. The highest BCUT2D eigenvalue weighted by molar-refractivity contribution is 5.96. The van der Waals surface area contributed by atoms with Crippen LogP contribution in [0.4, 0.5) is 5.82 Å². The van der Waals surface area contributed by atoms with Crippen LogP contribution >= 0.6 is 0 Å². The smallest absolute Gasteiger partial charge is 0.205 e. The quantitative estimate of drug-likeness (QED) is 0.882. The van der Waals surface area contributed by atoms with Gasteiger partial charge in [0.25, 0.3) is 0 Å². The fourth-order valence-electron chi connectivity index (χ4n) is 2.11. The normalized spacial score (nSPS) is 10.8. The average molecular weight is 291 g/mol. The minimum absolute atomic E-state index is 0.511. The molecule has 1 aromatic carbocycles. The molecule has 1 aromatic heterocycles. The molecule has 0 spiro atoms. The summed E-state index contributed by atoms with van der Waals surface area (Å²) < 4.78 is 16.2. The van der Waals surface area contributed by atoms with E-state index in [0.717, 1.165) is 17.7 Å². The van der Waals surface area contributed by atoms with Crippen molar-refractivity contribution in [3.8, 4) is 17.2 Å². The Labute approximate surface area is 124 Å². The van der Waals surface area contributed by atoms with E-state index in [-0.39, 0.29) is 0 Å². The lowest BCUT2D eigenvalue weighted by atomic mass is 10.1. The first-order chi connectivity index (χ1) is 10.1. The first-order valence-electron chi connectivity index (χ1n) is 6.79. The molecule has 1 heterocycles. The maximum Gasteiger partial charge on any atom is 0.205 e. The van der Waals surface area contributed by atoms with Gasteiger partial charge in [0.1, 0.15) is 17.7 Å². The van der Waals surface area contributed by atoms with Crippen molar-refractivity contribution in [3.63, 3.8) is 0 Å². The highest BCUT2D eigenvalue weighted by atomic mass is 16.5. The van der Waals surface area contributed by atoms with Gasteiger partial charge in [-0.3, -0.25) is 0 Å². The second-order valence-electron chi connectivity index (χ2n) is 5.04. The predicted molar refractivity (Wildman–Crippen MR) is 82.5 cm³/mol. The zero-order chi connectivity index (χ0) is 15.4. The van der Waals surface area contributed by atoms with Gasteiger partial charge in [-0.1, -0.05) is 13.8 Å². The topological polar surface area (TPSA) is 65.5 Å². The Bertz CT molecular complexity index is 629. The van der Waals surface area contributed by atoms with Crippen molar-refractivity contribution >= 4 is 16.7 Å². The number of rotatable bonds is 6. The SMILES string of the molecule is COc1cc2c(NCC(C)C)ncnc2c(OC)c1OC. The van der Waals surface area contributed by atoms with Crippen LogP contribution in [-0.2, 0) is 0 Å². The first kappa shape index (κ1) is 15.2. The molecule has 0 aliphatic rings. The van der Waals surface area contributed by atoms with E-state index in [2.05, 4.69) is 29.1 Å². The van der Waals surface area contributed by atoms with E-state index in [4.69, 9.17) is 14.2 Å². The van der Waals surface area contributed by atoms with Gasteiger partial charge in [0.15, 0.2) is 11.5 Å². The number of anilines is 1. The number of nitrogens with zero attached hydrogens (tertiary/aromatic N) is 2. The summed E-state index contributed by atoms with van der Waals surface area (Å²) in [5, 5.41) is 4.16. The van der Waals surface area contributed by atoms with Gasteiger partial charge in [-0.15, -0.1) is 0 Å². The highest BCUT2D eigenvalue weighted by Crippen LogP contribution is 2.43. The lowest BCUT2D eigenvalue weighted by Gasteiger charge is -2.16. The molecule has 6 nitrogen and oxygen atoms in total. The Morgan fingerprint density at radius 3 is 2.33 bits per heavy atom. The van der Waals surface area contributed by atoms with Crippen molar-refractivity contribution in [1.29, 1.82) is 0 Å². The summed E-state index contributed by atoms with van der Waals surface area (Å²) in [5.74, 6) is 2.93. The maximum atomic E-state index is 5.45. The van der Waals surface area contributed by atoms with Crippen LogP contribution < -0.4 is 19.5 Å². The van der Waals surface area contributed by atoms with Crippen molar-refractivity contribution < 1.29 is 14.2 Å². The molecule has 0 atom stereocenters. The summed E-state index contributed by atoms with van der Waals surface area (Å²) >= 11 is 0. The average Bonchev–Trinajstić information content (AvgIpc) is 2.50. The number of hydrogen-bond acceptors (Lipinski definition) is 6. The van der Waals surface area contributed by atoms with Crippen LogP contribution in [0.25, 0.3) is 10.9 Å². The van der Waals surface area contributed by atoms with E-state index >= 15 is 0 Å². The molecule has 114 valence electrons. The molecule has 0 bridgehead atoms. The second-order valence-corrected chi connectivity index (χ2v) is 5.04. The minimum atomic E-state index is 0.511. The molecule has 0 saturated heterocycles. The lowest BCUT2D eigenvalue weighted by Crippen LogP contribution is -2.10. The minimum Gasteiger partial charge on any atom is -0.493 e. The fourth-order valence-corrected chi connectivity index (χ4v) is 2.11. The van der Waals surface area contributed by atoms with Crippen LogP contribution in [0.15, 0.2) is 12.4 Å². The predicted octanol–water partition coefficient (Wildman–Crippen LogP) is 2.72. The summed E-state index contributed by atoms with van der Waals surface area (Å²) in [4.78, 5) is 8.62. The van der Waals surface area contributed by atoms with Gasteiger partial charge in [-0.2, -0.15) is 0 Å². The van der Waals surface area contributed by atoms with Crippen LogP contribution in [0.3, 0.4) is 0 Å². The monoisotopic (exact) mass is 291 g/mol. The summed E-state index contributed by atoms with van der Waals surface area (Å²) in [6.45, 7) is 5.10. The summed E-state index contributed by atoms with van der Waals surface area (Å²) in [6, 6.07) is 1.86. The van der Waals surface area contributed by atoms with Gasteiger partial charge in [-0.25, -0.2) is 9.97 Å². The number of aromatic nitrogens is 2. The lowest BCUT2D eigenvalue weighted by molar-refractivity contribution is 0.327. The number of nitrogens with one attached hydrogen (secondary N) is 1. The van der Waals surface area contributed by atoms with E-state index in [1.165, 1.54) is 6.33 Å². The third-order valence-corrected chi connectivity index (χ3v) is 3.11. The fraction of sp³-hybridized carbons (Fsp3) is 0.467. The Morgan fingerprint density at radius 2 is 1.76 bits per heavy atom. The van der Waals surface area contributed by atoms with Crippen molar-refractivity contribution in [2.75, 3.05) is 33.2 Å². The summed E-state index contributed by atoms with van der Waals surface area (Å²) in [6.07, 6.45) is 1.51. The Kier molecular flexibility index (Phi) is 4.67. The molecule has 0 aliphatic heterocycles. The molecule has 2 aromatic rings. The molecular formula is C15H21N3O3. The number of benzene rings is 1. The van der Waals surface area contributed by atoms with Gasteiger partial charge in [0.05, 0.1) is 26.7 Å². The van der Waals surface area contributed by atoms with Crippen LogP contribution in [0, 0.1) is 5.92 Å². The first-order valence-corrected chi connectivity index (χ1v) is 6.79. The number of hydrogen-bond donors (Lipinski definition) is 1. The molecule has 6 heteroatoms. The maximum absolute atomic E-state index is 5.45. The van der Waals surface area contributed by atoms with Crippen molar-refractivity contribution in [3.05, 3.63) is 12.4 Å². The van der Waals surface area contributed by atoms with Crippen molar-refractivity contribution in [1.82, 2.24) is 9.97 Å². The third kappa shape index (κ3) is 2.94. The van der Waals surface area contributed by atoms with Gasteiger partial charge in [-0.05, 0) is 12.0 Å². The van der Waals surface area contributed by atoms with Crippen LogP contribution in [0.1, 0.15) is 13.8 Å². The van der Waals surface area contributed by atoms with Gasteiger partial charge in [0.2, 0.25) is 5.75 Å². The van der Waals surface area contributed by atoms with E-state index in [9.17, 15) is 0 Å².